The number of ether oxygens (including phenoxy) is 1. The van der Waals surface area contributed by atoms with Gasteiger partial charge >= 0.3 is 5.97 Å². The first-order chi connectivity index (χ1) is 7.99. The zero-order valence-corrected chi connectivity index (χ0v) is 9.87. The molecule has 1 aromatic carbocycles. The molecular formula is C13H12O4. The average Bonchev–Trinajstić information content (AvgIpc) is 2.52. The molecule has 1 heterocycles. The summed E-state index contributed by atoms with van der Waals surface area (Å²) in [6.45, 7) is 4.55. The second-order valence-electron chi connectivity index (χ2n) is 3.84. The van der Waals surface area contributed by atoms with E-state index in [1.807, 2.05) is 0 Å². The summed E-state index contributed by atoms with van der Waals surface area (Å²) in [6.07, 6.45) is 0. The van der Waals surface area contributed by atoms with Crippen molar-refractivity contribution in [1.82, 2.24) is 0 Å². The summed E-state index contributed by atoms with van der Waals surface area (Å²) in [4.78, 5) is 22.4. The Morgan fingerprint density at radius 1 is 1.24 bits per heavy atom. The Bertz CT molecular complexity index is 607. The van der Waals surface area contributed by atoms with Crippen LogP contribution in [0.15, 0.2) is 22.6 Å². The van der Waals surface area contributed by atoms with Crippen molar-refractivity contribution in [1.29, 1.82) is 0 Å². The van der Waals surface area contributed by atoms with Gasteiger partial charge in [0, 0.05) is 12.3 Å². The third kappa shape index (κ3) is 2.06. The number of rotatable bonds is 2. The average molecular weight is 232 g/mol. The molecule has 4 heteroatoms. The van der Waals surface area contributed by atoms with Gasteiger partial charge in [-0.15, -0.1) is 0 Å². The molecule has 4 nitrogen and oxygen atoms in total. The summed E-state index contributed by atoms with van der Waals surface area (Å²) >= 11 is 0. The molecule has 0 atom stereocenters. The number of benzene rings is 1. The number of Topliss-reactive ketones (excluding diaryl/α,β-unsaturated/α-hetero) is 1. The summed E-state index contributed by atoms with van der Waals surface area (Å²) in [5.74, 6) is 0.524. The molecule has 0 fully saturated rings. The number of carbonyl (C=O) groups excluding carboxylic acids is 2. The topological polar surface area (TPSA) is 56.5 Å². The predicted molar refractivity (Wildman–Crippen MR) is 62.3 cm³/mol. The van der Waals surface area contributed by atoms with Crippen molar-refractivity contribution in [2.45, 2.75) is 20.8 Å². The highest BCUT2D eigenvalue weighted by Crippen LogP contribution is 2.29. The molecule has 2 aromatic rings. The van der Waals surface area contributed by atoms with E-state index in [2.05, 4.69) is 0 Å². The Hall–Kier alpha value is -2.10. The van der Waals surface area contributed by atoms with Gasteiger partial charge in [0.15, 0.2) is 5.78 Å². The van der Waals surface area contributed by atoms with Gasteiger partial charge in [0.1, 0.15) is 17.1 Å². The number of esters is 1. The lowest BCUT2D eigenvalue weighted by atomic mass is 10.1. The van der Waals surface area contributed by atoms with Gasteiger partial charge in [-0.1, -0.05) is 0 Å². The Labute approximate surface area is 98.2 Å². The molecule has 17 heavy (non-hydrogen) atoms. The SMILES string of the molecule is CC(=O)Oc1ccc2oc(C)c(C(C)=O)c2c1. The van der Waals surface area contributed by atoms with Crippen LogP contribution in [0.25, 0.3) is 11.0 Å². The van der Waals surface area contributed by atoms with Crippen molar-refractivity contribution < 1.29 is 18.7 Å². The maximum absolute atomic E-state index is 11.5. The lowest BCUT2D eigenvalue weighted by Gasteiger charge is -2.00. The molecule has 0 spiro atoms. The second-order valence-corrected chi connectivity index (χ2v) is 3.84. The molecular weight excluding hydrogens is 220 g/mol. The molecule has 0 aliphatic rings. The summed E-state index contributed by atoms with van der Waals surface area (Å²) in [7, 11) is 0. The third-order valence-electron chi connectivity index (χ3n) is 2.45. The summed E-state index contributed by atoms with van der Waals surface area (Å²) in [5.41, 5.74) is 1.15. The van der Waals surface area contributed by atoms with Crippen molar-refractivity contribution >= 4 is 22.7 Å². The van der Waals surface area contributed by atoms with Crippen LogP contribution in [0.3, 0.4) is 0 Å². The van der Waals surface area contributed by atoms with Crippen LogP contribution in [0.1, 0.15) is 30.0 Å². The monoisotopic (exact) mass is 232 g/mol. The number of hydrogen-bond acceptors (Lipinski definition) is 4. The Balaban J connectivity index is 2.62. The molecule has 0 saturated carbocycles. The maximum atomic E-state index is 11.5. The highest BCUT2D eigenvalue weighted by atomic mass is 16.5. The van der Waals surface area contributed by atoms with Gasteiger partial charge in [0.2, 0.25) is 0 Å². The molecule has 0 amide bonds. The van der Waals surface area contributed by atoms with E-state index < -0.39 is 5.97 Å². The van der Waals surface area contributed by atoms with E-state index in [1.165, 1.54) is 13.8 Å². The van der Waals surface area contributed by atoms with Crippen LogP contribution in [0, 0.1) is 6.92 Å². The zero-order chi connectivity index (χ0) is 12.6. The minimum atomic E-state index is -0.394. The van der Waals surface area contributed by atoms with E-state index in [0.29, 0.717) is 28.0 Å². The van der Waals surface area contributed by atoms with Crippen LogP contribution >= 0.6 is 0 Å². The van der Waals surface area contributed by atoms with Gasteiger partial charge in [0.05, 0.1) is 5.56 Å². The molecule has 0 aliphatic carbocycles. The van der Waals surface area contributed by atoms with Gasteiger partial charge in [-0.25, -0.2) is 0 Å². The first-order valence-corrected chi connectivity index (χ1v) is 5.21. The first kappa shape index (κ1) is 11.4. The van der Waals surface area contributed by atoms with E-state index in [-0.39, 0.29) is 5.78 Å². The minimum absolute atomic E-state index is 0.0683. The van der Waals surface area contributed by atoms with Crippen LogP contribution in [0.5, 0.6) is 5.75 Å². The standard InChI is InChI=1S/C13H12O4/c1-7(14)13-8(2)16-12-5-4-10(6-11(12)13)17-9(3)15/h4-6H,1-3H3. The maximum Gasteiger partial charge on any atom is 0.308 e. The minimum Gasteiger partial charge on any atom is -0.461 e. The fourth-order valence-electron chi connectivity index (χ4n) is 1.87. The van der Waals surface area contributed by atoms with Crippen LogP contribution in [-0.2, 0) is 4.79 Å². The van der Waals surface area contributed by atoms with Crippen molar-refractivity contribution in [3.63, 3.8) is 0 Å². The summed E-state index contributed by atoms with van der Waals surface area (Å²) in [5, 5.41) is 0.675. The Kier molecular flexibility index (Phi) is 2.71. The molecule has 1 aromatic heterocycles. The summed E-state index contributed by atoms with van der Waals surface area (Å²) < 4.78 is 10.4. The van der Waals surface area contributed by atoms with Crippen molar-refractivity contribution in [3.05, 3.63) is 29.5 Å². The Morgan fingerprint density at radius 2 is 1.94 bits per heavy atom. The fourth-order valence-corrected chi connectivity index (χ4v) is 1.87. The van der Waals surface area contributed by atoms with Crippen molar-refractivity contribution in [2.24, 2.45) is 0 Å². The lowest BCUT2D eigenvalue weighted by Crippen LogP contribution is -2.01. The quantitative estimate of drug-likeness (QED) is 0.454. The van der Waals surface area contributed by atoms with Crippen LogP contribution < -0.4 is 4.74 Å². The molecule has 0 aliphatic heterocycles. The van der Waals surface area contributed by atoms with E-state index in [1.54, 1.807) is 25.1 Å². The first-order valence-electron chi connectivity index (χ1n) is 5.21. The summed E-state index contributed by atoms with van der Waals surface area (Å²) in [6, 6.07) is 4.97. The molecule has 0 unspecified atom stereocenters. The number of ketones is 1. The van der Waals surface area contributed by atoms with E-state index in [4.69, 9.17) is 9.15 Å². The Morgan fingerprint density at radius 3 is 2.53 bits per heavy atom. The molecule has 88 valence electrons. The molecule has 0 radical (unpaired) electrons. The van der Waals surface area contributed by atoms with E-state index in [0.717, 1.165) is 0 Å². The molecule has 2 rings (SSSR count). The second kappa shape index (κ2) is 4.05. The van der Waals surface area contributed by atoms with Gasteiger partial charge in [0.25, 0.3) is 0 Å². The van der Waals surface area contributed by atoms with Gasteiger partial charge < -0.3 is 9.15 Å². The number of carbonyl (C=O) groups is 2. The van der Waals surface area contributed by atoms with E-state index >= 15 is 0 Å². The number of fused-ring (bicyclic) bond motifs is 1. The van der Waals surface area contributed by atoms with Gasteiger partial charge in [-0.3, -0.25) is 9.59 Å². The fraction of sp³-hybridized carbons (Fsp3) is 0.231. The highest BCUT2D eigenvalue weighted by Gasteiger charge is 2.15. The van der Waals surface area contributed by atoms with Crippen LogP contribution in [-0.4, -0.2) is 11.8 Å². The van der Waals surface area contributed by atoms with Gasteiger partial charge in [-0.2, -0.15) is 0 Å². The van der Waals surface area contributed by atoms with Crippen molar-refractivity contribution in [3.8, 4) is 5.75 Å². The lowest BCUT2D eigenvalue weighted by molar-refractivity contribution is -0.131. The zero-order valence-electron chi connectivity index (χ0n) is 9.87. The predicted octanol–water partition coefficient (Wildman–Crippen LogP) is 2.87. The third-order valence-corrected chi connectivity index (χ3v) is 2.45. The largest absolute Gasteiger partial charge is 0.461 e. The van der Waals surface area contributed by atoms with Crippen LogP contribution in [0.4, 0.5) is 0 Å². The number of aryl methyl sites for hydroxylation is 1. The molecule has 0 N–H and O–H groups in total. The molecule has 0 saturated heterocycles. The van der Waals surface area contributed by atoms with E-state index in [9.17, 15) is 9.59 Å². The smallest absolute Gasteiger partial charge is 0.308 e. The molecule has 0 bridgehead atoms. The number of furan rings is 1. The normalized spacial score (nSPS) is 10.5. The van der Waals surface area contributed by atoms with Gasteiger partial charge in [-0.05, 0) is 32.0 Å². The highest BCUT2D eigenvalue weighted by molar-refractivity contribution is 6.07. The van der Waals surface area contributed by atoms with Crippen LogP contribution in [0.2, 0.25) is 0 Å². The number of hydrogen-bond donors (Lipinski definition) is 0. The van der Waals surface area contributed by atoms with Crippen molar-refractivity contribution in [2.75, 3.05) is 0 Å².